The molecule has 0 radical (unpaired) electrons. The van der Waals surface area contributed by atoms with Crippen molar-refractivity contribution < 1.29 is 4.79 Å². The van der Waals surface area contributed by atoms with Gasteiger partial charge in [0.1, 0.15) is 0 Å². The van der Waals surface area contributed by atoms with E-state index in [1.165, 1.54) is 57.8 Å². The Bertz CT molecular complexity index is 577. The highest BCUT2D eigenvalue weighted by Crippen LogP contribution is 2.69. The third-order valence-electron chi connectivity index (χ3n) is 9.72. The zero-order valence-electron chi connectivity index (χ0n) is 15.6. The van der Waals surface area contributed by atoms with Crippen molar-refractivity contribution in [2.24, 2.45) is 46.3 Å². The Balaban J connectivity index is 1.47. The quantitative estimate of drug-likeness (QED) is 0.550. The molecule has 0 aromatic rings. The van der Waals surface area contributed by atoms with Crippen molar-refractivity contribution in [1.29, 1.82) is 0 Å². The third kappa shape index (κ3) is 1.96. The molecule has 0 aliphatic heterocycles. The van der Waals surface area contributed by atoms with Gasteiger partial charge in [0.2, 0.25) is 0 Å². The number of hydrogen-bond acceptors (Lipinski definition) is 1. The predicted octanol–water partition coefficient (Wildman–Crippen LogP) is 5.79. The van der Waals surface area contributed by atoms with Gasteiger partial charge in [0.25, 0.3) is 0 Å². The molecule has 5 aliphatic rings. The molecule has 1 heteroatoms. The van der Waals surface area contributed by atoms with E-state index in [2.05, 4.69) is 19.9 Å². The molecule has 0 aromatic carbocycles. The Morgan fingerprint density at radius 3 is 2.67 bits per heavy atom. The summed E-state index contributed by atoms with van der Waals surface area (Å²) in [6, 6.07) is 0. The molecular formula is C23H34O. The fraction of sp³-hybridized carbons (Fsp3) is 0.870. The van der Waals surface area contributed by atoms with E-state index in [-0.39, 0.29) is 0 Å². The number of allylic oxidation sites excluding steroid dienone is 2. The largest absolute Gasteiger partial charge is 0.295 e. The highest BCUT2D eigenvalue weighted by Gasteiger charge is 2.61. The minimum atomic E-state index is 0.394. The smallest absolute Gasteiger partial charge is 0.155 e. The molecule has 8 atom stereocenters. The van der Waals surface area contributed by atoms with Crippen LogP contribution in [0.1, 0.15) is 78.1 Å². The van der Waals surface area contributed by atoms with Crippen LogP contribution in [0.25, 0.3) is 0 Å². The average Bonchev–Trinajstić information content (AvgIpc) is 2.94. The Morgan fingerprint density at radius 1 is 0.958 bits per heavy atom. The summed E-state index contributed by atoms with van der Waals surface area (Å²) in [7, 11) is 0. The fourth-order valence-corrected chi connectivity index (χ4v) is 8.50. The summed E-state index contributed by atoms with van der Waals surface area (Å²) >= 11 is 0. The zero-order chi connectivity index (χ0) is 16.5. The van der Waals surface area contributed by atoms with E-state index in [0.717, 1.165) is 36.0 Å². The number of ketones is 1. The van der Waals surface area contributed by atoms with Gasteiger partial charge in [-0.15, -0.1) is 0 Å². The Labute approximate surface area is 147 Å². The molecule has 4 saturated carbocycles. The first kappa shape index (κ1) is 15.6. The minimum absolute atomic E-state index is 0.394. The van der Waals surface area contributed by atoms with Gasteiger partial charge in [0.05, 0.1) is 0 Å². The average molecular weight is 327 g/mol. The second-order valence-electron chi connectivity index (χ2n) is 10.5. The van der Waals surface area contributed by atoms with Crippen molar-refractivity contribution in [2.75, 3.05) is 0 Å². The first-order chi connectivity index (χ1) is 11.5. The molecule has 0 aromatic heterocycles. The van der Waals surface area contributed by atoms with Crippen molar-refractivity contribution in [3.8, 4) is 0 Å². The molecule has 0 bridgehead atoms. The normalized spacial score (nSPS) is 56.2. The second-order valence-corrected chi connectivity index (χ2v) is 10.5. The molecule has 4 fully saturated rings. The van der Waals surface area contributed by atoms with Crippen LogP contribution in [0.3, 0.4) is 0 Å². The van der Waals surface area contributed by atoms with Crippen molar-refractivity contribution in [3.63, 3.8) is 0 Å². The molecule has 5 aliphatic carbocycles. The van der Waals surface area contributed by atoms with Crippen molar-refractivity contribution in [3.05, 3.63) is 12.2 Å². The lowest BCUT2D eigenvalue weighted by molar-refractivity contribution is -0.123. The molecule has 0 saturated heterocycles. The number of carbonyl (C=O) groups excluding carboxylic acids is 1. The van der Waals surface area contributed by atoms with Gasteiger partial charge in [0.15, 0.2) is 5.78 Å². The lowest BCUT2D eigenvalue weighted by Crippen LogP contribution is -2.54. The van der Waals surface area contributed by atoms with E-state index in [9.17, 15) is 4.79 Å². The summed E-state index contributed by atoms with van der Waals surface area (Å²) < 4.78 is 0. The maximum absolute atomic E-state index is 11.9. The predicted molar refractivity (Wildman–Crippen MR) is 97.5 cm³/mol. The van der Waals surface area contributed by atoms with Crippen LogP contribution in [0.5, 0.6) is 0 Å². The van der Waals surface area contributed by atoms with Gasteiger partial charge in [-0.2, -0.15) is 0 Å². The summed E-state index contributed by atoms with van der Waals surface area (Å²) in [6.07, 6.45) is 18.2. The third-order valence-corrected chi connectivity index (χ3v) is 9.72. The van der Waals surface area contributed by atoms with Gasteiger partial charge >= 0.3 is 0 Å². The van der Waals surface area contributed by atoms with Gasteiger partial charge in [-0.05, 0) is 104 Å². The monoisotopic (exact) mass is 326 g/mol. The topological polar surface area (TPSA) is 17.1 Å². The molecule has 0 N–H and O–H groups in total. The van der Waals surface area contributed by atoms with E-state index < -0.39 is 0 Å². The Kier molecular flexibility index (Phi) is 3.40. The lowest BCUT2D eigenvalue weighted by Gasteiger charge is -2.61. The highest BCUT2D eigenvalue weighted by molar-refractivity contribution is 5.91. The molecule has 132 valence electrons. The number of carbonyl (C=O) groups is 1. The van der Waals surface area contributed by atoms with Crippen LogP contribution in [-0.4, -0.2) is 5.78 Å². The van der Waals surface area contributed by atoms with Crippen LogP contribution >= 0.6 is 0 Å². The van der Waals surface area contributed by atoms with Crippen LogP contribution in [0.2, 0.25) is 0 Å². The number of rotatable bonds is 0. The van der Waals surface area contributed by atoms with E-state index >= 15 is 0 Å². The second kappa shape index (κ2) is 5.21. The molecule has 24 heavy (non-hydrogen) atoms. The van der Waals surface area contributed by atoms with Gasteiger partial charge < -0.3 is 0 Å². The van der Waals surface area contributed by atoms with Crippen molar-refractivity contribution >= 4 is 5.78 Å². The molecule has 0 amide bonds. The van der Waals surface area contributed by atoms with Crippen molar-refractivity contribution in [2.45, 2.75) is 78.1 Å². The fourth-order valence-electron chi connectivity index (χ4n) is 8.50. The maximum Gasteiger partial charge on any atom is 0.155 e. The standard InChI is InChI=1S/C23H34O/c1-15-7-10-22(2)16(13-15)3-5-19-20(22)9-12-23-11-8-18(24)14-17(23)4-6-21(19)23/h8,11,15-17,19-21H,3-7,9-10,12-14H2,1-2H3/t15-,16-,17?,19?,20?,21?,22+,23-/m1/s1. The number of fused-ring (bicyclic) bond motifs is 4. The molecule has 0 heterocycles. The number of hydrogen-bond donors (Lipinski definition) is 0. The van der Waals surface area contributed by atoms with Crippen LogP contribution in [0.4, 0.5) is 0 Å². The molecule has 1 nitrogen and oxygen atoms in total. The summed E-state index contributed by atoms with van der Waals surface area (Å²) in [5.41, 5.74) is 1.05. The minimum Gasteiger partial charge on any atom is -0.295 e. The van der Waals surface area contributed by atoms with E-state index in [0.29, 0.717) is 22.5 Å². The van der Waals surface area contributed by atoms with Gasteiger partial charge in [-0.25, -0.2) is 0 Å². The molecular weight excluding hydrogens is 292 g/mol. The Hall–Kier alpha value is -0.590. The van der Waals surface area contributed by atoms with E-state index in [1.54, 1.807) is 0 Å². The summed E-state index contributed by atoms with van der Waals surface area (Å²) in [5, 5.41) is 0. The molecule has 1 spiro atoms. The van der Waals surface area contributed by atoms with E-state index in [1.807, 2.05) is 6.08 Å². The van der Waals surface area contributed by atoms with Gasteiger partial charge in [-0.3, -0.25) is 4.79 Å². The van der Waals surface area contributed by atoms with Crippen LogP contribution in [0.15, 0.2) is 12.2 Å². The highest BCUT2D eigenvalue weighted by atomic mass is 16.1. The SMILES string of the molecule is C[C@@H]1CC[C@]2(C)C3CC[C@]45C=CC(=O)CC4CCC5C3CC[C@@H]2C1. The first-order valence-electron chi connectivity index (χ1n) is 10.7. The summed E-state index contributed by atoms with van der Waals surface area (Å²) in [5.74, 6) is 5.85. The van der Waals surface area contributed by atoms with Crippen LogP contribution < -0.4 is 0 Å². The maximum atomic E-state index is 11.9. The lowest BCUT2D eigenvalue weighted by atomic mass is 9.43. The van der Waals surface area contributed by atoms with Gasteiger partial charge in [-0.1, -0.05) is 26.3 Å². The molecule has 4 unspecified atom stereocenters. The van der Waals surface area contributed by atoms with Crippen LogP contribution in [-0.2, 0) is 4.79 Å². The van der Waals surface area contributed by atoms with Crippen molar-refractivity contribution in [1.82, 2.24) is 0 Å². The molecule has 5 rings (SSSR count). The van der Waals surface area contributed by atoms with Gasteiger partial charge in [0, 0.05) is 6.42 Å². The Morgan fingerprint density at radius 2 is 1.79 bits per heavy atom. The van der Waals surface area contributed by atoms with Crippen LogP contribution in [0, 0.1) is 46.3 Å². The van der Waals surface area contributed by atoms with E-state index in [4.69, 9.17) is 0 Å². The first-order valence-corrected chi connectivity index (χ1v) is 10.7. The zero-order valence-corrected chi connectivity index (χ0v) is 15.6. The summed E-state index contributed by atoms with van der Waals surface area (Å²) in [6.45, 7) is 5.15. The summed E-state index contributed by atoms with van der Waals surface area (Å²) in [4.78, 5) is 11.9.